The lowest BCUT2D eigenvalue weighted by atomic mass is 10.2. The zero-order valence-electron chi connectivity index (χ0n) is 17.4. The van der Waals surface area contributed by atoms with E-state index in [1.54, 1.807) is 18.6 Å². The molecular weight excluding hydrogens is 388 g/mol. The van der Waals surface area contributed by atoms with Crippen LogP contribution in [0.1, 0.15) is 18.3 Å². The monoisotopic (exact) mass is 414 g/mol. The molecule has 8 nitrogen and oxygen atoms in total. The molecule has 0 amide bonds. The number of hydrogen-bond acceptors (Lipinski definition) is 7. The molecule has 1 aliphatic rings. The summed E-state index contributed by atoms with van der Waals surface area (Å²) in [5, 5.41) is 0. The van der Waals surface area contributed by atoms with Gasteiger partial charge in [-0.15, -0.1) is 0 Å². The van der Waals surface area contributed by atoms with E-state index in [2.05, 4.69) is 32.2 Å². The molecule has 0 unspecified atom stereocenters. The lowest BCUT2D eigenvalue weighted by Crippen LogP contribution is -2.44. The Morgan fingerprint density at radius 3 is 2.69 bits per heavy atom. The van der Waals surface area contributed by atoms with Crippen molar-refractivity contribution in [3.05, 3.63) is 35.7 Å². The van der Waals surface area contributed by atoms with Gasteiger partial charge in [0.1, 0.15) is 11.6 Å². The molecule has 1 fully saturated rings. The van der Waals surface area contributed by atoms with Crippen LogP contribution in [0.2, 0.25) is 0 Å². The molecule has 0 radical (unpaired) electrons. The molecule has 3 aromatic rings. The highest BCUT2D eigenvalue weighted by Crippen LogP contribution is 2.27. The molecule has 9 heteroatoms. The molecule has 154 valence electrons. The number of benzene rings is 1. The average Bonchev–Trinajstić information content (AvgIpc) is 2.95. The van der Waals surface area contributed by atoms with Crippen LogP contribution in [0.5, 0.6) is 0 Å². The summed E-state index contributed by atoms with van der Waals surface area (Å²) in [4.78, 5) is 16.3. The summed E-state index contributed by atoms with van der Waals surface area (Å²) in [6.45, 7) is 8.08. The highest BCUT2D eigenvalue weighted by atomic mass is 32.2. The first-order chi connectivity index (χ1) is 13.7. The van der Waals surface area contributed by atoms with Crippen LogP contribution in [0.3, 0.4) is 0 Å². The van der Waals surface area contributed by atoms with Gasteiger partial charge in [0.2, 0.25) is 5.95 Å². The topological polar surface area (TPSA) is 85.5 Å². The molecule has 29 heavy (non-hydrogen) atoms. The quantitative estimate of drug-likeness (QED) is 0.655. The third-order valence-corrected chi connectivity index (χ3v) is 5.47. The number of aryl methyl sites for hydroxylation is 2. The number of imidazole rings is 1. The summed E-state index contributed by atoms with van der Waals surface area (Å²) in [7, 11) is -2.37. The zero-order valence-corrected chi connectivity index (χ0v) is 18.2. The molecule has 0 spiro atoms. The van der Waals surface area contributed by atoms with E-state index < -0.39 is 9.73 Å². The molecule has 0 bridgehead atoms. The van der Waals surface area contributed by atoms with Crippen LogP contribution >= 0.6 is 0 Å². The van der Waals surface area contributed by atoms with Crippen molar-refractivity contribution in [1.82, 2.24) is 19.5 Å². The van der Waals surface area contributed by atoms with E-state index in [1.807, 2.05) is 30.5 Å². The normalized spacial score (nSPS) is 17.7. The number of morpholine rings is 1. The standard InChI is InChI=1S/C20H26N6O2S/c1-13-6-7-16-17(10-13)26(15(3)21-16)20-22-18(24-29(4,5)27)11-19(23-20)25-8-9-28-12-14(25)2/h6-7,10-11,14H,8-9,12H2,1-5H3/t14-/m1/s1. The number of nitrogens with zero attached hydrogens (tertiary/aromatic N) is 6. The van der Waals surface area contributed by atoms with Crippen molar-refractivity contribution in [2.45, 2.75) is 26.8 Å². The summed E-state index contributed by atoms with van der Waals surface area (Å²) >= 11 is 0. The summed E-state index contributed by atoms with van der Waals surface area (Å²) < 4.78 is 24.2. The fourth-order valence-electron chi connectivity index (χ4n) is 3.55. The van der Waals surface area contributed by atoms with Gasteiger partial charge in [-0.2, -0.15) is 14.3 Å². The second kappa shape index (κ2) is 7.38. The number of rotatable bonds is 3. The average molecular weight is 415 g/mol. The van der Waals surface area contributed by atoms with Gasteiger partial charge in [0.15, 0.2) is 5.82 Å². The number of aromatic nitrogens is 4. The Kier molecular flexibility index (Phi) is 5.04. The van der Waals surface area contributed by atoms with Crippen LogP contribution in [-0.4, -0.2) is 62.0 Å². The smallest absolute Gasteiger partial charge is 0.239 e. The van der Waals surface area contributed by atoms with E-state index in [0.717, 1.165) is 34.8 Å². The molecule has 0 saturated carbocycles. The minimum atomic E-state index is -2.37. The molecule has 2 aromatic heterocycles. The number of anilines is 1. The van der Waals surface area contributed by atoms with Crippen LogP contribution in [0.15, 0.2) is 28.6 Å². The highest BCUT2D eigenvalue weighted by Gasteiger charge is 2.23. The SMILES string of the molecule is Cc1ccc2nc(C)n(-c3nc(N=S(C)(C)=O)cc(N4CCOC[C@H]4C)n3)c2c1. The Hall–Kier alpha value is -2.52. The van der Waals surface area contributed by atoms with Gasteiger partial charge in [0.25, 0.3) is 0 Å². The Morgan fingerprint density at radius 1 is 1.17 bits per heavy atom. The number of fused-ring (bicyclic) bond motifs is 1. The van der Waals surface area contributed by atoms with Crippen molar-refractivity contribution in [2.75, 3.05) is 37.2 Å². The summed E-state index contributed by atoms with van der Waals surface area (Å²) in [5.74, 6) is 2.43. The molecule has 4 rings (SSSR count). The van der Waals surface area contributed by atoms with Crippen molar-refractivity contribution < 1.29 is 8.95 Å². The van der Waals surface area contributed by atoms with Crippen molar-refractivity contribution in [1.29, 1.82) is 0 Å². The maximum absolute atomic E-state index is 12.4. The van der Waals surface area contributed by atoms with Crippen LogP contribution in [0.25, 0.3) is 17.0 Å². The lowest BCUT2D eigenvalue weighted by Gasteiger charge is -2.34. The Labute approximate surface area is 171 Å². The first-order valence-electron chi connectivity index (χ1n) is 9.58. The van der Waals surface area contributed by atoms with Gasteiger partial charge in [0.05, 0.1) is 30.3 Å². The van der Waals surface area contributed by atoms with Crippen molar-refractivity contribution in [3.63, 3.8) is 0 Å². The van der Waals surface area contributed by atoms with Crippen molar-refractivity contribution in [2.24, 2.45) is 4.36 Å². The van der Waals surface area contributed by atoms with Gasteiger partial charge in [-0.3, -0.25) is 4.57 Å². The minimum absolute atomic E-state index is 0.176. The van der Waals surface area contributed by atoms with Gasteiger partial charge >= 0.3 is 0 Å². The molecule has 1 aromatic carbocycles. The third kappa shape index (κ3) is 4.11. The van der Waals surface area contributed by atoms with Crippen LogP contribution in [0, 0.1) is 13.8 Å². The molecule has 0 N–H and O–H groups in total. The zero-order chi connectivity index (χ0) is 20.8. The van der Waals surface area contributed by atoms with Gasteiger partial charge in [-0.1, -0.05) is 6.07 Å². The number of ether oxygens (including phenoxy) is 1. The molecule has 1 aliphatic heterocycles. The van der Waals surface area contributed by atoms with Gasteiger partial charge in [0, 0.05) is 34.9 Å². The Balaban J connectivity index is 1.95. The van der Waals surface area contributed by atoms with Gasteiger partial charge in [-0.05, 0) is 38.5 Å². The van der Waals surface area contributed by atoms with Crippen LogP contribution in [0.4, 0.5) is 11.6 Å². The van der Waals surface area contributed by atoms with E-state index in [4.69, 9.17) is 9.72 Å². The second-order valence-electron chi connectivity index (χ2n) is 7.76. The largest absolute Gasteiger partial charge is 0.377 e. The molecule has 1 atom stereocenters. The highest BCUT2D eigenvalue weighted by molar-refractivity contribution is 7.92. The predicted molar refractivity (Wildman–Crippen MR) is 116 cm³/mol. The van der Waals surface area contributed by atoms with Crippen LogP contribution in [-0.2, 0) is 14.5 Å². The van der Waals surface area contributed by atoms with E-state index in [0.29, 0.717) is 25.0 Å². The second-order valence-corrected chi connectivity index (χ2v) is 10.3. The van der Waals surface area contributed by atoms with Crippen LogP contribution < -0.4 is 4.90 Å². The van der Waals surface area contributed by atoms with E-state index in [9.17, 15) is 4.21 Å². The minimum Gasteiger partial charge on any atom is -0.377 e. The van der Waals surface area contributed by atoms with Gasteiger partial charge < -0.3 is 9.64 Å². The summed E-state index contributed by atoms with van der Waals surface area (Å²) in [6, 6.07) is 8.09. The van der Waals surface area contributed by atoms with E-state index in [1.165, 1.54) is 0 Å². The van der Waals surface area contributed by atoms with Crippen molar-refractivity contribution in [3.8, 4) is 5.95 Å². The number of hydrogen-bond donors (Lipinski definition) is 0. The van der Waals surface area contributed by atoms with Crippen molar-refractivity contribution >= 4 is 32.4 Å². The Bertz CT molecular complexity index is 1190. The first-order valence-corrected chi connectivity index (χ1v) is 11.9. The summed E-state index contributed by atoms with van der Waals surface area (Å²) in [5.41, 5.74) is 2.95. The molecule has 0 aliphatic carbocycles. The lowest BCUT2D eigenvalue weighted by molar-refractivity contribution is 0.0985. The molecule has 1 saturated heterocycles. The molecule has 3 heterocycles. The third-order valence-electron chi connectivity index (χ3n) is 4.84. The first kappa shape index (κ1) is 19.8. The van der Waals surface area contributed by atoms with E-state index >= 15 is 0 Å². The summed E-state index contributed by atoms with van der Waals surface area (Å²) in [6.07, 6.45) is 3.21. The fraction of sp³-hybridized carbons (Fsp3) is 0.450. The van der Waals surface area contributed by atoms with E-state index in [-0.39, 0.29) is 6.04 Å². The molecular formula is C20H26N6O2S. The van der Waals surface area contributed by atoms with Gasteiger partial charge in [-0.25, -0.2) is 9.19 Å². The maximum Gasteiger partial charge on any atom is 0.239 e. The Morgan fingerprint density at radius 2 is 1.97 bits per heavy atom. The maximum atomic E-state index is 12.4. The predicted octanol–water partition coefficient (Wildman–Crippen LogP) is 3.02. The fourth-order valence-corrected chi connectivity index (χ4v) is 4.10.